The summed E-state index contributed by atoms with van der Waals surface area (Å²) in [7, 11) is 0. The molecule has 2 rings (SSSR count). The molecular formula is C12H10ClN5S. The van der Waals surface area contributed by atoms with Gasteiger partial charge in [0.15, 0.2) is 10.3 Å². The molecule has 0 fully saturated rings. The van der Waals surface area contributed by atoms with Gasteiger partial charge in [-0.2, -0.15) is 5.10 Å². The van der Waals surface area contributed by atoms with Crippen LogP contribution in [-0.2, 0) is 0 Å². The van der Waals surface area contributed by atoms with E-state index < -0.39 is 0 Å². The lowest BCUT2D eigenvalue weighted by Gasteiger charge is -2.00. The van der Waals surface area contributed by atoms with E-state index in [-0.39, 0.29) is 5.11 Å². The van der Waals surface area contributed by atoms with Crippen LogP contribution in [0.5, 0.6) is 0 Å². The lowest BCUT2D eigenvalue weighted by atomic mass is 10.1. The van der Waals surface area contributed by atoms with E-state index in [1.807, 2.05) is 30.3 Å². The summed E-state index contributed by atoms with van der Waals surface area (Å²) >= 11 is 10.3. The maximum Gasteiger partial charge on any atom is 0.184 e. The van der Waals surface area contributed by atoms with Crippen molar-refractivity contribution in [2.75, 3.05) is 0 Å². The summed E-state index contributed by atoms with van der Waals surface area (Å²) < 4.78 is 0. The number of nitrogens with one attached hydrogen (secondary N) is 1. The van der Waals surface area contributed by atoms with Gasteiger partial charge in [-0.1, -0.05) is 35.9 Å². The largest absolute Gasteiger partial charge is 0.375 e. The van der Waals surface area contributed by atoms with Gasteiger partial charge in [-0.05, 0) is 29.9 Å². The van der Waals surface area contributed by atoms with Gasteiger partial charge in [-0.3, -0.25) is 5.43 Å². The summed E-state index contributed by atoms with van der Waals surface area (Å²) in [6.07, 6.45) is 1.62. The third-order valence-corrected chi connectivity index (χ3v) is 2.52. The van der Waals surface area contributed by atoms with Gasteiger partial charge in [0.2, 0.25) is 0 Å². The molecule has 0 aliphatic carbocycles. The Kier molecular flexibility index (Phi) is 4.38. The van der Waals surface area contributed by atoms with Crippen LogP contribution in [0.15, 0.2) is 41.5 Å². The smallest absolute Gasteiger partial charge is 0.184 e. The summed E-state index contributed by atoms with van der Waals surface area (Å²) in [5.41, 5.74) is 10.4. The van der Waals surface area contributed by atoms with Crippen LogP contribution >= 0.6 is 23.8 Å². The first-order valence-electron chi connectivity index (χ1n) is 5.33. The monoisotopic (exact) mass is 291 g/mol. The average Bonchev–Trinajstić information content (AvgIpc) is 2.40. The fourth-order valence-electron chi connectivity index (χ4n) is 1.38. The van der Waals surface area contributed by atoms with E-state index in [1.54, 1.807) is 12.3 Å². The van der Waals surface area contributed by atoms with Crippen molar-refractivity contribution in [3.05, 3.63) is 47.1 Å². The minimum absolute atomic E-state index is 0.129. The van der Waals surface area contributed by atoms with Gasteiger partial charge in [-0.25, -0.2) is 0 Å². The zero-order valence-electron chi connectivity index (χ0n) is 9.75. The van der Waals surface area contributed by atoms with E-state index in [9.17, 15) is 0 Å². The first kappa shape index (κ1) is 13.4. The highest BCUT2D eigenvalue weighted by Crippen LogP contribution is 2.17. The highest BCUT2D eigenvalue weighted by Gasteiger charge is 1.99. The fraction of sp³-hybridized carbons (Fsp3) is 0. The van der Waals surface area contributed by atoms with Crippen molar-refractivity contribution in [3.63, 3.8) is 0 Å². The number of hydrogen-bond donors (Lipinski definition) is 2. The maximum absolute atomic E-state index is 5.69. The van der Waals surface area contributed by atoms with Crippen LogP contribution in [0.3, 0.4) is 0 Å². The second-order valence-corrected chi connectivity index (χ2v) is 4.42. The number of hydrazone groups is 1. The number of benzene rings is 1. The second kappa shape index (κ2) is 6.21. The molecule has 19 heavy (non-hydrogen) atoms. The zero-order valence-corrected chi connectivity index (χ0v) is 11.3. The van der Waals surface area contributed by atoms with Crippen molar-refractivity contribution in [2.24, 2.45) is 10.8 Å². The Bertz CT molecular complexity index is 595. The van der Waals surface area contributed by atoms with Crippen molar-refractivity contribution in [2.45, 2.75) is 0 Å². The number of halogens is 1. The molecule has 0 unspecified atom stereocenters. The Morgan fingerprint density at radius 2 is 1.95 bits per heavy atom. The number of nitrogens with two attached hydrogens (primary N) is 1. The van der Waals surface area contributed by atoms with Gasteiger partial charge < -0.3 is 5.73 Å². The third kappa shape index (κ3) is 3.97. The van der Waals surface area contributed by atoms with Gasteiger partial charge in [0.05, 0.1) is 11.9 Å². The lowest BCUT2D eigenvalue weighted by molar-refractivity contribution is 1.04. The van der Waals surface area contributed by atoms with E-state index in [1.165, 1.54) is 0 Å². The van der Waals surface area contributed by atoms with E-state index >= 15 is 0 Å². The summed E-state index contributed by atoms with van der Waals surface area (Å²) in [4.78, 5) is 0. The van der Waals surface area contributed by atoms with E-state index in [0.717, 1.165) is 16.8 Å². The highest BCUT2D eigenvalue weighted by molar-refractivity contribution is 7.80. The van der Waals surface area contributed by atoms with Crippen molar-refractivity contribution in [1.29, 1.82) is 0 Å². The van der Waals surface area contributed by atoms with Crippen LogP contribution < -0.4 is 11.2 Å². The van der Waals surface area contributed by atoms with Gasteiger partial charge >= 0.3 is 0 Å². The molecule has 1 aromatic heterocycles. The third-order valence-electron chi connectivity index (χ3n) is 2.23. The predicted octanol–water partition coefficient (Wildman–Crippen LogP) is 1.96. The van der Waals surface area contributed by atoms with Crippen molar-refractivity contribution in [3.8, 4) is 11.3 Å². The zero-order chi connectivity index (χ0) is 13.7. The molecule has 0 aliphatic rings. The summed E-state index contributed by atoms with van der Waals surface area (Å²) in [6, 6.07) is 11.1. The second-order valence-electron chi connectivity index (χ2n) is 3.60. The van der Waals surface area contributed by atoms with Crippen molar-refractivity contribution in [1.82, 2.24) is 15.6 Å². The van der Waals surface area contributed by atoms with Crippen LogP contribution in [0.1, 0.15) is 5.56 Å². The topological polar surface area (TPSA) is 76.2 Å². The summed E-state index contributed by atoms with van der Waals surface area (Å²) in [6.45, 7) is 0. The van der Waals surface area contributed by atoms with Crippen LogP contribution in [0, 0.1) is 0 Å². The molecule has 0 aliphatic heterocycles. The van der Waals surface area contributed by atoms with Crippen molar-refractivity contribution < 1.29 is 0 Å². The quantitative estimate of drug-likeness (QED) is 0.514. The van der Waals surface area contributed by atoms with Crippen LogP contribution in [0.25, 0.3) is 11.3 Å². The molecule has 2 aromatic rings. The van der Waals surface area contributed by atoms with Gasteiger partial charge in [0, 0.05) is 5.56 Å². The van der Waals surface area contributed by atoms with E-state index in [2.05, 4.69) is 32.9 Å². The number of thiocarbonyl (C=S) groups is 1. The molecule has 1 aromatic carbocycles. The number of aromatic nitrogens is 2. The Hall–Kier alpha value is -2.05. The normalized spacial score (nSPS) is 10.6. The molecule has 0 radical (unpaired) electrons. The molecule has 0 bridgehead atoms. The molecule has 0 spiro atoms. The molecule has 7 heteroatoms. The molecule has 0 saturated carbocycles. The molecule has 1 heterocycles. The average molecular weight is 292 g/mol. The summed E-state index contributed by atoms with van der Waals surface area (Å²) in [5.74, 6) is 0. The fourth-order valence-corrected chi connectivity index (χ4v) is 1.53. The SMILES string of the molecule is NC(=S)NN=Cc1ccc(-c2ccc(Cl)nn2)cc1. The number of hydrogen-bond acceptors (Lipinski definition) is 4. The minimum Gasteiger partial charge on any atom is -0.375 e. The van der Waals surface area contributed by atoms with Crippen LogP contribution in [0.4, 0.5) is 0 Å². The molecular weight excluding hydrogens is 282 g/mol. The van der Waals surface area contributed by atoms with Gasteiger partial charge in [0.1, 0.15) is 0 Å². The van der Waals surface area contributed by atoms with Gasteiger partial charge in [0.25, 0.3) is 0 Å². The molecule has 5 nitrogen and oxygen atoms in total. The first-order valence-corrected chi connectivity index (χ1v) is 6.12. The summed E-state index contributed by atoms with van der Waals surface area (Å²) in [5, 5.41) is 12.2. The first-order chi connectivity index (χ1) is 9.15. The standard InChI is InChI=1S/C12H10ClN5S/c13-11-6-5-10(16-17-11)9-3-1-8(2-4-9)7-15-18-12(14)19/h1-7H,(H3,14,18,19). The Balaban J connectivity index is 2.12. The minimum atomic E-state index is 0.129. The van der Waals surface area contributed by atoms with Crippen LogP contribution in [0.2, 0.25) is 5.15 Å². The predicted molar refractivity (Wildman–Crippen MR) is 80.0 cm³/mol. The van der Waals surface area contributed by atoms with Gasteiger partial charge in [-0.15, -0.1) is 10.2 Å². The number of rotatable bonds is 3. The Morgan fingerprint density at radius 3 is 2.53 bits per heavy atom. The molecule has 3 N–H and O–H groups in total. The van der Waals surface area contributed by atoms with E-state index in [0.29, 0.717) is 5.15 Å². The molecule has 0 amide bonds. The number of nitrogens with zero attached hydrogens (tertiary/aromatic N) is 3. The van der Waals surface area contributed by atoms with Crippen LogP contribution in [-0.4, -0.2) is 21.5 Å². The van der Waals surface area contributed by atoms with E-state index in [4.69, 9.17) is 17.3 Å². The Morgan fingerprint density at radius 1 is 1.21 bits per heavy atom. The molecule has 96 valence electrons. The maximum atomic E-state index is 5.69. The molecule has 0 atom stereocenters. The Labute approximate surface area is 120 Å². The molecule has 0 saturated heterocycles. The lowest BCUT2D eigenvalue weighted by Crippen LogP contribution is -2.23. The van der Waals surface area contributed by atoms with Crippen molar-refractivity contribution >= 4 is 35.1 Å². The highest BCUT2D eigenvalue weighted by atomic mass is 35.5.